The minimum Gasteiger partial charge on any atom is -0.467 e. The van der Waals surface area contributed by atoms with Crippen LogP contribution in [0.3, 0.4) is 0 Å². The maximum Gasteiger partial charge on any atom is 0.188 e. The topological polar surface area (TPSA) is 35.5 Å². The van der Waals surface area contributed by atoms with E-state index < -0.39 is 0 Å². The number of fused-ring (bicyclic) bond motifs is 1. The summed E-state index contributed by atoms with van der Waals surface area (Å²) in [6.45, 7) is 2.19. The first-order chi connectivity index (χ1) is 8.27. The molecular weight excluding hydrogens is 216 g/mol. The lowest BCUT2D eigenvalue weighted by Crippen LogP contribution is -2.00. The molecule has 0 saturated carbocycles. The Bertz CT molecular complexity index is 546. The number of carbonyl (C=O) groups excluding carboxylic acids is 1. The van der Waals surface area contributed by atoms with E-state index in [2.05, 4.69) is 0 Å². The lowest BCUT2D eigenvalue weighted by atomic mass is 10.0. The predicted molar refractivity (Wildman–Crippen MR) is 66.6 cm³/mol. The summed E-state index contributed by atoms with van der Waals surface area (Å²) < 4.78 is 10.4. The van der Waals surface area contributed by atoms with Gasteiger partial charge in [-0.3, -0.25) is 4.79 Å². The van der Waals surface area contributed by atoms with E-state index in [0.29, 0.717) is 5.56 Å². The highest BCUT2D eigenvalue weighted by molar-refractivity contribution is 6.02. The highest BCUT2D eigenvalue weighted by Gasteiger charge is 2.08. The van der Waals surface area contributed by atoms with Gasteiger partial charge in [0.2, 0.25) is 0 Å². The lowest BCUT2D eigenvalue weighted by Gasteiger charge is -2.11. The molecule has 2 rings (SSSR count). The summed E-state index contributed by atoms with van der Waals surface area (Å²) in [5.74, 6) is 0.741. The number of aldehydes is 1. The van der Waals surface area contributed by atoms with Gasteiger partial charge in [-0.15, -0.1) is 0 Å². The maximum absolute atomic E-state index is 11.0. The Morgan fingerprint density at radius 2 is 2.06 bits per heavy atom. The second-order valence-electron chi connectivity index (χ2n) is 3.82. The second kappa shape index (κ2) is 4.97. The fraction of sp³-hybridized carbons (Fsp3) is 0.214. The Balaban J connectivity index is 2.65. The molecule has 0 unspecified atom stereocenters. The standard InChI is InChI=1S/C14H14O3/c1-10-4-3-5-12-11(8-15)6-7-13(14(10)12)17-9-16-2/h3-8H,9H2,1-2H3. The quantitative estimate of drug-likeness (QED) is 0.598. The van der Waals surface area contributed by atoms with Crippen molar-refractivity contribution >= 4 is 17.1 Å². The first-order valence-corrected chi connectivity index (χ1v) is 5.37. The van der Waals surface area contributed by atoms with Gasteiger partial charge in [0.15, 0.2) is 13.1 Å². The second-order valence-corrected chi connectivity index (χ2v) is 3.82. The van der Waals surface area contributed by atoms with Crippen LogP contribution in [0.2, 0.25) is 0 Å². The largest absolute Gasteiger partial charge is 0.467 e. The summed E-state index contributed by atoms with van der Waals surface area (Å²) in [4.78, 5) is 11.0. The van der Waals surface area contributed by atoms with Crippen molar-refractivity contribution in [2.75, 3.05) is 13.9 Å². The molecular formula is C14H14O3. The Morgan fingerprint density at radius 3 is 2.76 bits per heavy atom. The molecule has 0 aliphatic heterocycles. The first-order valence-electron chi connectivity index (χ1n) is 5.37. The van der Waals surface area contributed by atoms with Crippen LogP contribution in [0.5, 0.6) is 5.75 Å². The van der Waals surface area contributed by atoms with Gasteiger partial charge in [0.1, 0.15) is 5.75 Å². The normalized spacial score (nSPS) is 10.5. The number of benzene rings is 2. The third kappa shape index (κ3) is 2.15. The third-order valence-corrected chi connectivity index (χ3v) is 2.70. The molecule has 0 fully saturated rings. The van der Waals surface area contributed by atoms with E-state index in [1.165, 1.54) is 0 Å². The monoisotopic (exact) mass is 230 g/mol. The van der Waals surface area contributed by atoms with Crippen LogP contribution >= 0.6 is 0 Å². The highest BCUT2D eigenvalue weighted by Crippen LogP contribution is 2.30. The van der Waals surface area contributed by atoms with Gasteiger partial charge in [0.05, 0.1) is 0 Å². The molecule has 0 heterocycles. The Labute approximate surface area is 100.0 Å². The number of methoxy groups -OCH3 is 1. The minimum atomic E-state index is 0.198. The molecule has 0 spiro atoms. The molecule has 2 aromatic rings. The van der Waals surface area contributed by atoms with Crippen molar-refractivity contribution in [2.45, 2.75) is 6.92 Å². The van der Waals surface area contributed by atoms with Crippen LogP contribution in [0.4, 0.5) is 0 Å². The van der Waals surface area contributed by atoms with Crippen LogP contribution in [-0.2, 0) is 4.74 Å². The van der Waals surface area contributed by atoms with Crippen LogP contribution in [0.1, 0.15) is 15.9 Å². The van der Waals surface area contributed by atoms with E-state index in [1.807, 2.05) is 25.1 Å². The molecule has 0 amide bonds. The summed E-state index contributed by atoms with van der Waals surface area (Å²) in [5.41, 5.74) is 1.76. The molecule has 0 atom stereocenters. The van der Waals surface area contributed by atoms with Crippen molar-refractivity contribution in [3.05, 3.63) is 41.5 Å². The molecule has 0 aliphatic carbocycles. The molecule has 3 nitrogen and oxygen atoms in total. The van der Waals surface area contributed by atoms with Gasteiger partial charge >= 0.3 is 0 Å². The Kier molecular flexibility index (Phi) is 3.40. The summed E-state index contributed by atoms with van der Waals surface area (Å²) in [6, 6.07) is 9.42. The molecule has 2 aromatic carbocycles. The molecule has 0 aliphatic rings. The lowest BCUT2D eigenvalue weighted by molar-refractivity contribution is 0.0522. The summed E-state index contributed by atoms with van der Waals surface area (Å²) >= 11 is 0. The van der Waals surface area contributed by atoms with Gasteiger partial charge in [0, 0.05) is 18.1 Å². The number of ether oxygens (including phenoxy) is 2. The average molecular weight is 230 g/mol. The van der Waals surface area contributed by atoms with E-state index >= 15 is 0 Å². The van der Waals surface area contributed by atoms with Gasteiger partial charge in [-0.1, -0.05) is 18.2 Å². The minimum absolute atomic E-state index is 0.198. The van der Waals surface area contributed by atoms with Crippen molar-refractivity contribution in [1.29, 1.82) is 0 Å². The average Bonchev–Trinajstić information content (AvgIpc) is 2.36. The zero-order valence-electron chi connectivity index (χ0n) is 9.90. The SMILES string of the molecule is COCOc1ccc(C=O)c2cccc(C)c12. The number of carbonyl (C=O) groups is 1. The van der Waals surface area contributed by atoms with Crippen LogP contribution in [0, 0.1) is 6.92 Å². The molecule has 0 N–H and O–H groups in total. The van der Waals surface area contributed by atoms with Crippen LogP contribution in [-0.4, -0.2) is 20.2 Å². The predicted octanol–water partition coefficient (Wildman–Crippen LogP) is 2.94. The van der Waals surface area contributed by atoms with Gasteiger partial charge in [-0.05, 0) is 30.0 Å². The zero-order valence-corrected chi connectivity index (χ0v) is 9.90. The van der Waals surface area contributed by atoms with Gasteiger partial charge < -0.3 is 9.47 Å². The third-order valence-electron chi connectivity index (χ3n) is 2.70. The zero-order chi connectivity index (χ0) is 12.3. The van der Waals surface area contributed by atoms with Gasteiger partial charge in [-0.25, -0.2) is 0 Å². The molecule has 0 radical (unpaired) electrons. The van der Waals surface area contributed by atoms with E-state index in [4.69, 9.17) is 9.47 Å². The molecule has 0 saturated heterocycles. The summed E-state index contributed by atoms with van der Waals surface area (Å²) in [6.07, 6.45) is 0.863. The smallest absolute Gasteiger partial charge is 0.188 e. The summed E-state index contributed by atoms with van der Waals surface area (Å²) in [7, 11) is 1.58. The number of hydrogen-bond donors (Lipinski definition) is 0. The van der Waals surface area contributed by atoms with Crippen molar-refractivity contribution < 1.29 is 14.3 Å². The number of aryl methyl sites for hydroxylation is 1. The molecule has 0 bridgehead atoms. The van der Waals surface area contributed by atoms with E-state index in [-0.39, 0.29) is 6.79 Å². The van der Waals surface area contributed by atoms with Crippen LogP contribution in [0.15, 0.2) is 30.3 Å². The first kappa shape index (κ1) is 11.6. The fourth-order valence-electron chi connectivity index (χ4n) is 1.92. The van der Waals surface area contributed by atoms with E-state index in [0.717, 1.165) is 28.4 Å². The highest BCUT2D eigenvalue weighted by atomic mass is 16.7. The number of rotatable bonds is 4. The summed E-state index contributed by atoms with van der Waals surface area (Å²) in [5, 5.41) is 1.88. The van der Waals surface area contributed by atoms with Gasteiger partial charge in [-0.2, -0.15) is 0 Å². The van der Waals surface area contributed by atoms with Crippen molar-refractivity contribution in [1.82, 2.24) is 0 Å². The molecule has 3 heteroatoms. The van der Waals surface area contributed by atoms with Crippen molar-refractivity contribution in [2.24, 2.45) is 0 Å². The fourth-order valence-corrected chi connectivity index (χ4v) is 1.92. The van der Waals surface area contributed by atoms with E-state index in [1.54, 1.807) is 19.2 Å². The molecule has 0 aromatic heterocycles. The van der Waals surface area contributed by atoms with Crippen molar-refractivity contribution in [3.63, 3.8) is 0 Å². The van der Waals surface area contributed by atoms with Crippen LogP contribution < -0.4 is 4.74 Å². The van der Waals surface area contributed by atoms with E-state index in [9.17, 15) is 4.79 Å². The molecule has 17 heavy (non-hydrogen) atoms. The van der Waals surface area contributed by atoms with Crippen molar-refractivity contribution in [3.8, 4) is 5.75 Å². The van der Waals surface area contributed by atoms with Gasteiger partial charge in [0.25, 0.3) is 0 Å². The number of hydrogen-bond acceptors (Lipinski definition) is 3. The van der Waals surface area contributed by atoms with Crippen LogP contribution in [0.25, 0.3) is 10.8 Å². The molecule has 88 valence electrons. The maximum atomic E-state index is 11.0. The Hall–Kier alpha value is -1.87. The Morgan fingerprint density at radius 1 is 1.24 bits per heavy atom.